The molecule has 0 aliphatic carbocycles. The maximum Gasteiger partial charge on any atom is 0.132 e. The molecule has 0 atom stereocenters. The molecule has 0 amide bonds. The molecule has 1 radical (unpaired) electrons. The number of para-hydroxylation sites is 1. The zero-order valence-electron chi connectivity index (χ0n) is 22.8. The number of nitrogens with zero attached hydrogens (tertiary/aromatic N) is 2. The van der Waals surface area contributed by atoms with Crippen LogP contribution in [-0.2, 0) is 20.1 Å². The van der Waals surface area contributed by atoms with Gasteiger partial charge in [-0.15, -0.1) is 53.6 Å². The van der Waals surface area contributed by atoms with E-state index in [9.17, 15) is 0 Å². The van der Waals surface area contributed by atoms with E-state index in [0.717, 1.165) is 50.7 Å². The van der Waals surface area contributed by atoms with E-state index in [1.807, 2.05) is 79.0 Å². The third kappa shape index (κ3) is 6.20. The standard InChI is InChI=1S/C23H14NO.C14H14N.Ir/c1-2-8-18-17(7-1)19-9-3-4-11-22(19)25-23-15-16(12-13-20(18)23)21-10-5-6-14-24-21;1-11(2)13-8-9-15-14(10-13)12-6-4-3-5-7-12;/h1-11,13-15H;3-6,8-11H,1-2H3;/q2*-1;. The van der Waals surface area contributed by atoms with E-state index >= 15 is 0 Å². The van der Waals surface area contributed by atoms with Crippen LogP contribution in [0, 0.1) is 12.1 Å². The molecule has 0 spiro atoms. The van der Waals surface area contributed by atoms with Crippen LogP contribution in [0.3, 0.4) is 0 Å². The Morgan fingerprint density at radius 2 is 1.29 bits per heavy atom. The van der Waals surface area contributed by atoms with E-state index in [1.54, 1.807) is 6.20 Å². The summed E-state index contributed by atoms with van der Waals surface area (Å²) in [4.78, 5) is 8.78. The number of rotatable bonds is 3. The van der Waals surface area contributed by atoms with Crippen LogP contribution in [0.5, 0.6) is 11.5 Å². The normalized spacial score (nSPS) is 10.9. The quantitative estimate of drug-likeness (QED) is 0.172. The Bertz CT molecular complexity index is 1750. The van der Waals surface area contributed by atoms with Crippen LogP contribution in [0.1, 0.15) is 25.3 Å². The van der Waals surface area contributed by atoms with Gasteiger partial charge in [0.05, 0.1) is 5.75 Å². The molecule has 1 aliphatic rings. The van der Waals surface area contributed by atoms with Gasteiger partial charge in [0, 0.05) is 38.1 Å². The summed E-state index contributed by atoms with van der Waals surface area (Å²) in [5.41, 5.74) is 9.68. The molecule has 0 unspecified atom stereocenters. The second-order valence-electron chi connectivity index (χ2n) is 9.89. The van der Waals surface area contributed by atoms with Crippen LogP contribution in [0.2, 0.25) is 0 Å². The largest absolute Gasteiger partial charge is 0.476 e. The van der Waals surface area contributed by atoms with Crippen molar-refractivity contribution in [2.45, 2.75) is 19.8 Å². The first-order chi connectivity index (χ1) is 19.7. The van der Waals surface area contributed by atoms with Gasteiger partial charge in [0.15, 0.2) is 0 Å². The minimum absolute atomic E-state index is 0. The van der Waals surface area contributed by atoms with Crippen molar-refractivity contribution in [2.75, 3.05) is 0 Å². The summed E-state index contributed by atoms with van der Waals surface area (Å²) in [7, 11) is 0. The van der Waals surface area contributed by atoms with E-state index in [1.165, 1.54) is 11.1 Å². The number of fused-ring (bicyclic) bond motifs is 5. The summed E-state index contributed by atoms with van der Waals surface area (Å²) in [5.74, 6) is 2.24. The van der Waals surface area contributed by atoms with Crippen molar-refractivity contribution in [3.63, 3.8) is 0 Å². The van der Waals surface area contributed by atoms with Gasteiger partial charge >= 0.3 is 0 Å². The second-order valence-corrected chi connectivity index (χ2v) is 9.89. The smallest absolute Gasteiger partial charge is 0.132 e. The molecule has 3 nitrogen and oxygen atoms in total. The van der Waals surface area contributed by atoms with E-state index in [4.69, 9.17) is 4.74 Å². The van der Waals surface area contributed by atoms with Crippen molar-refractivity contribution in [3.05, 3.63) is 145 Å². The molecular formula is C37H28IrN2O-2. The van der Waals surface area contributed by atoms with Gasteiger partial charge in [0.2, 0.25) is 0 Å². The molecule has 6 aromatic rings. The molecule has 0 N–H and O–H groups in total. The number of hydrogen-bond donors (Lipinski definition) is 0. The molecule has 0 bridgehead atoms. The predicted molar refractivity (Wildman–Crippen MR) is 162 cm³/mol. The van der Waals surface area contributed by atoms with Gasteiger partial charge in [-0.2, -0.15) is 0 Å². The first kappa shape index (κ1) is 28.2. The summed E-state index contributed by atoms with van der Waals surface area (Å²) >= 11 is 0. The van der Waals surface area contributed by atoms with Crippen molar-refractivity contribution < 1.29 is 24.8 Å². The van der Waals surface area contributed by atoms with Crippen LogP contribution in [0.15, 0.2) is 128 Å². The molecule has 0 saturated heterocycles. The first-order valence-corrected chi connectivity index (χ1v) is 13.4. The number of pyridine rings is 2. The fraction of sp³-hybridized carbons (Fsp3) is 0.0811. The van der Waals surface area contributed by atoms with Crippen LogP contribution in [0.25, 0.3) is 44.8 Å². The van der Waals surface area contributed by atoms with Crippen molar-refractivity contribution in [2.24, 2.45) is 0 Å². The zero-order chi connectivity index (χ0) is 27.3. The summed E-state index contributed by atoms with van der Waals surface area (Å²) in [6, 6.07) is 45.1. The molecular weight excluding hydrogens is 681 g/mol. The molecule has 41 heavy (non-hydrogen) atoms. The van der Waals surface area contributed by atoms with Gasteiger partial charge < -0.3 is 14.7 Å². The summed E-state index contributed by atoms with van der Waals surface area (Å²) in [6.45, 7) is 4.38. The monoisotopic (exact) mass is 709 g/mol. The SMILES string of the molecule is CC(C)c1ccnc(-c2[c-]cccc2)c1.[Ir].[c-]1cc2c(cc1-c1ccccn1)Oc1ccccc1-c1ccccc1-2. The van der Waals surface area contributed by atoms with Gasteiger partial charge in [-0.25, -0.2) is 0 Å². The Kier molecular flexibility index (Phi) is 8.84. The van der Waals surface area contributed by atoms with Crippen molar-refractivity contribution >= 4 is 0 Å². The average molecular weight is 709 g/mol. The van der Waals surface area contributed by atoms with Gasteiger partial charge in [0.1, 0.15) is 5.75 Å². The topological polar surface area (TPSA) is 35.0 Å². The summed E-state index contributed by atoms with van der Waals surface area (Å²) in [5, 5.41) is 0. The Balaban J connectivity index is 0.000000182. The number of hydrogen-bond acceptors (Lipinski definition) is 3. The maximum atomic E-state index is 6.30. The van der Waals surface area contributed by atoms with Gasteiger partial charge in [-0.1, -0.05) is 91.7 Å². The van der Waals surface area contributed by atoms with Gasteiger partial charge in [0.25, 0.3) is 0 Å². The Morgan fingerprint density at radius 1 is 0.585 bits per heavy atom. The number of ether oxygens (including phenoxy) is 1. The van der Waals surface area contributed by atoms with Crippen molar-refractivity contribution in [3.8, 4) is 56.3 Å². The van der Waals surface area contributed by atoms with E-state index in [0.29, 0.717) is 5.92 Å². The second kappa shape index (κ2) is 12.9. The van der Waals surface area contributed by atoms with Gasteiger partial charge in [-0.05, 0) is 46.6 Å². The van der Waals surface area contributed by atoms with Crippen LogP contribution >= 0.6 is 0 Å². The predicted octanol–water partition coefficient (Wildman–Crippen LogP) is 9.66. The molecule has 4 heteroatoms. The fourth-order valence-corrected chi connectivity index (χ4v) is 4.79. The van der Waals surface area contributed by atoms with Crippen LogP contribution < -0.4 is 4.74 Å². The van der Waals surface area contributed by atoms with Crippen LogP contribution in [-0.4, -0.2) is 9.97 Å². The number of benzene rings is 4. The zero-order valence-corrected chi connectivity index (χ0v) is 25.2. The molecule has 4 aromatic carbocycles. The molecule has 203 valence electrons. The van der Waals surface area contributed by atoms with Gasteiger partial charge in [-0.3, -0.25) is 0 Å². The number of aromatic nitrogens is 2. The van der Waals surface area contributed by atoms with Crippen molar-refractivity contribution in [1.29, 1.82) is 0 Å². The third-order valence-corrected chi connectivity index (χ3v) is 6.90. The molecule has 0 fully saturated rings. The van der Waals surface area contributed by atoms with Crippen molar-refractivity contribution in [1.82, 2.24) is 9.97 Å². The van der Waals surface area contributed by atoms with E-state index in [-0.39, 0.29) is 20.1 Å². The average Bonchev–Trinajstić information content (AvgIpc) is 3.16. The Morgan fingerprint density at radius 3 is 2.02 bits per heavy atom. The first-order valence-electron chi connectivity index (χ1n) is 13.4. The molecule has 2 aromatic heterocycles. The van der Waals surface area contributed by atoms with E-state index < -0.39 is 0 Å². The molecule has 7 rings (SSSR count). The molecule has 3 heterocycles. The third-order valence-electron chi connectivity index (χ3n) is 6.90. The minimum atomic E-state index is 0. The Hall–Kier alpha value is -4.37. The van der Waals surface area contributed by atoms with Crippen LogP contribution in [0.4, 0.5) is 0 Å². The molecule has 1 aliphatic heterocycles. The summed E-state index contributed by atoms with van der Waals surface area (Å²) in [6.07, 6.45) is 3.66. The Labute approximate surface area is 255 Å². The summed E-state index contributed by atoms with van der Waals surface area (Å²) < 4.78 is 6.30. The minimum Gasteiger partial charge on any atom is -0.476 e. The van der Waals surface area contributed by atoms with E-state index in [2.05, 4.69) is 78.4 Å². The molecule has 0 saturated carbocycles. The maximum absolute atomic E-state index is 6.30. The fourth-order valence-electron chi connectivity index (χ4n) is 4.79.